The Morgan fingerprint density at radius 1 is 0.938 bits per heavy atom. The highest BCUT2D eigenvalue weighted by molar-refractivity contribution is 6.74. The van der Waals surface area contributed by atoms with Crippen molar-refractivity contribution in [2.24, 2.45) is 5.92 Å². The van der Waals surface area contributed by atoms with Gasteiger partial charge in [-0.2, -0.15) is 0 Å². The van der Waals surface area contributed by atoms with E-state index in [9.17, 15) is 4.79 Å². The number of benzene rings is 1. The van der Waals surface area contributed by atoms with Crippen LogP contribution in [-0.4, -0.2) is 53.4 Å². The third kappa shape index (κ3) is 6.92. The first-order valence-electron chi connectivity index (χ1n) is 11.8. The Morgan fingerprint density at radius 3 is 2.03 bits per heavy atom. The zero-order valence-corrected chi connectivity index (χ0v) is 24.0. The van der Waals surface area contributed by atoms with Gasteiger partial charge in [-0.1, -0.05) is 71.9 Å². The average Bonchev–Trinajstić information content (AvgIpc) is 3.06. The van der Waals surface area contributed by atoms with Crippen molar-refractivity contribution >= 4 is 22.7 Å². The topological polar surface area (TPSA) is 48.0 Å². The lowest BCUT2D eigenvalue weighted by atomic mass is 10.1. The fraction of sp³-hybridized carbons (Fsp3) is 0.720. The highest BCUT2D eigenvalue weighted by Gasteiger charge is 2.46. The molecule has 2 rings (SSSR count). The van der Waals surface area contributed by atoms with Crippen molar-refractivity contribution in [1.29, 1.82) is 0 Å². The third-order valence-corrected chi connectivity index (χ3v) is 16.6. The van der Waals surface area contributed by atoms with Crippen molar-refractivity contribution in [2.75, 3.05) is 19.7 Å². The minimum Gasteiger partial charge on any atom is -0.445 e. The van der Waals surface area contributed by atoms with Gasteiger partial charge in [-0.25, -0.2) is 4.79 Å². The highest BCUT2D eigenvalue weighted by atomic mass is 28.4. The first kappa shape index (κ1) is 27.1. The van der Waals surface area contributed by atoms with Crippen LogP contribution in [0.1, 0.15) is 47.1 Å². The van der Waals surface area contributed by atoms with Crippen LogP contribution in [0.15, 0.2) is 30.3 Å². The zero-order chi connectivity index (χ0) is 24.4. The van der Waals surface area contributed by atoms with E-state index in [-0.39, 0.29) is 34.8 Å². The number of carbonyl (C=O) groups excluding carboxylic acids is 1. The van der Waals surface area contributed by atoms with Crippen LogP contribution in [0, 0.1) is 5.92 Å². The molecule has 0 aliphatic carbocycles. The number of hydrogen-bond donors (Lipinski definition) is 0. The molecule has 1 amide bonds. The quantitative estimate of drug-likeness (QED) is 0.410. The maximum Gasteiger partial charge on any atom is 0.410 e. The van der Waals surface area contributed by atoms with Gasteiger partial charge >= 0.3 is 6.09 Å². The molecule has 32 heavy (non-hydrogen) atoms. The number of carbonyl (C=O) groups is 1. The van der Waals surface area contributed by atoms with Gasteiger partial charge in [0, 0.05) is 25.6 Å². The lowest BCUT2D eigenvalue weighted by Crippen LogP contribution is -2.47. The molecular formula is C25H45NO4Si2. The molecule has 5 nitrogen and oxygen atoms in total. The molecule has 1 heterocycles. The molecule has 0 N–H and O–H groups in total. The highest BCUT2D eigenvalue weighted by Crippen LogP contribution is 2.40. The van der Waals surface area contributed by atoms with E-state index in [4.69, 9.17) is 13.6 Å². The molecule has 0 unspecified atom stereocenters. The zero-order valence-electron chi connectivity index (χ0n) is 22.0. The second kappa shape index (κ2) is 9.99. The van der Waals surface area contributed by atoms with E-state index >= 15 is 0 Å². The van der Waals surface area contributed by atoms with Crippen LogP contribution < -0.4 is 0 Å². The summed E-state index contributed by atoms with van der Waals surface area (Å²) in [6, 6.07) is 9.81. The van der Waals surface area contributed by atoms with Crippen molar-refractivity contribution < 1.29 is 18.4 Å². The Hall–Kier alpha value is -1.16. The van der Waals surface area contributed by atoms with Crippen LogP contribution in [0.4, 0.5) is 4.79 Å². The Balaban J connectivity index is 2.10. The molecular weight excluding hydrogens is 434 g/mol. The van der Waals surface area contributed by atoms with Crippen LogP contribution in [0.25, 0.3) is 0 Å². The van der Waals surface area contributed by atoms with E-state index < -0.39 is 16.6 Å². The van der Waals surface area contributed by atoms with Gasteiger partial charge in [-0.3, -0.25) is 0 Å². The number of nitrogens with zero attached hydrogens (tertiary/aromatic N) is 1. The van der Waals surface area contributed by atoms with E-state index in [1.807, 2.05) is 30.3 Å². The number of likely N-dealkylation sites (tertiary alicyclic amines) is 1. The monoisotopic (exact) mass is 479 g/mol. The predicted molar refractivity (Wildman–Crippen MR) is 137 cm³/mol. The largest absolute Gasteiger partial charge is 0.445 e. The Kier molecular flexibility index (Phi) is 8.46. The lowest BCUT2D eigenvalue weighted by molar-refractivity contribution is 0.0971. The first-order chi connectivity index (χ1) is 14.5. The Morgan fingerprint density at radius 2 is 1.50 bits per heavy atom. The van der Waals surface area contributed by atoms with Gasteiger partial charge in [0.05, 0.1) is 6.10 Å². The molecule has 182 valence electrons. The molecule has 0 saturated carbocycles. The summed E-state index contributed by atoms with van der Waals surface area (Å²) in [7, 11) is -3.87. The summed E-state index contributed by atoms with van der Waals surface area (Å²) in [6.45, 7) is 24.7. The molecule has 2 atom stereocenters. The second-order valence-corrected chi connectivity index (χ2v) is 21.8. The summed E-state index contributed by atoms with van der Waals surface area (Å²) in [5.74, 6) is 0.155. The summed E-state index contributed by atoms with van der Waals surface area (Å²) >= 11 is 0. The number of hydrogen-bond acceptors (Lipinski definition) is 4. The smallest absolute Gasteiger partial charge is 0.410 e. The van der Waals surface area contributed by atoms with Crippen molar-refractivity contribution in [3.05, 3.63) is 35.9 Å². The van der Waals surface area contributed by atoms with Gasteiger partial charge in [-0.15, -0.1) is 0 Å². The fourth-order valence-corrected chi connectivity index (χ4v) is 5.62. The van der Waals surface area contributed by atoms with Gasteiger partial charge in [0.1, 0.15) is 6.61 Å². The second-order valence-electron chi connectivity index (χ2n) is 12.2. The van der Waals surface area contributed by atoms with Crippen LogP contribution >= 0.6 is 0 Å². The summed E-state index contributed by atoms with van der Waals surface area (Å²) in [6.07, 6.45) is -0.294. The average molecular weight is 480 g/mol. The first-order valence-corrected chi connectivity index (χ1v) is 17.6. The molecule has 0 spiro atoms. The Labute approximate surface area is 198 Å². The Bertz CT molecular complexity index is 753. The molecule has 0 bridgehead atoms. The number of ether oxygens (including phenoxy) is 1. The molecule has 7 heteroatoms. The molecule has 1 fully saturated rings. The van der Waals surface area contributed by atoms with Crippen molar-refractivity contribution in [3.63, 3.8) is 0 Å². The van der Waals surface area contributed by atoms with E-state index in [2.05, 4.69) is 67.7 Å². The molecule has 1 aromatic rings. The van der Waals surface area contributed by atoms with Gasteiger partial charge in [0.25, 0.3) is 0 Å². The molecule has 0 radical (unpaired) electrons. The van der Waals surface area contributed by atoms with Crippen molar-refractivity contribution in [2.45, 2.75) is 90.5 Å². The molecule has 1 saturated heterocycles. The van der Waals surface area contributed by atoms with E-state index in [1.54, 1.807) is 4.90 Å². The van der Waals surface area contributed by atoms with Gasteiger partial charge in [0.2, 0.25) is 0 Å². The summed E-state index contributed by atoms with van der Waals surface area (Å²) < 4.78 is 19.0. The van der Waals surface area contributed by atoms with Gasteiger partial charge < -0.3 is 18.5 Å². The molecule has 1 aliphatic rings. The number of rotatable bonds is 7. The standard InChI is InChI=1S/C25H45NO4Si2/c1-24(2,3)31(7,8)29-19-21-16-26(17-22(21)30-32(9,10)25(4,5)6)23(27)28-18-20-14-12-11-13-15-20/h11-15,21-22H,16-19H2,1-10H3/t21-,22+/m1/s1. The van der Waals surface area contributed by atoms with Crippen molar-refractivity contribution in [1.82, 2.24) is 4.90 Å². The van der Waals surface area contributed by atoms with Gasteiger partial charge in [0.15, 0.2) is 16.6 Å². The van der Waals surface area contributed by atoms with Crippen LogP contribution in [0.5, 0.6) is 0 Å². The van der Waals surface area contributed by atoms with Crippen molar-refractivity contribution in [3.8, 4) is 0 Å². The minimum absolute atomic E-state index is 0.0232. The lowest BCUT2D eigenvalue weighted by Gasteiger charge is -2.40. The molecule has 1 aliphatic heterocycles. The van der Waals surface area contributed by atoms with E-state index in [0.717, 1.165) is 5.56 Å². The van der Waals surface area contributed by atoms with Crippen LogP contribution in [0.3, 0.4) is 0 Å². The SMILES string of the molecule is CC(C)(C)[Si](C)(C)OC[C@H]1CN(C(=O)OCc2ccccc2)C[C@@H]1O[Si](C)(C)C(C)(C)C. The minimum atomic E-state index is -1.98. The third-order valence-electron chi connectivity index (χ3n) is 7.56. The molecule has 0 aromatic heterocycles. The fourth-order valence-electron chi connectivity index (χ4n) is 3.18. The molecule has 1 aromatic carbocycles. The normalized spacial score (nSPS) is 20.5. The van der Waals surface area contributed by atoms with Gasteiger partial charge in [-0.05, 0) is 41.8 Å². The maximum atomic E-state index is 12.9. The van der Waals surface area contributed by atoms with Crippen LogP contribution in [-0.2, 0) is 20.2 Å². The summed E-state index contributed by atoms with van der Waals surface area (Å²) in [5, 5.41) is 0.259. The maximum absolute atomic E-state index is 12.9. The van der Waals surface area contributed by atoms with E-state index in [1.165, 1.54) is 0 Å². The predicted octanol–water partition coefficient (Wildman–Crippen LogP) is 6.67. The number of amides is 1. The summed E-state index contributed by atoms with van der Waals surface area (Å²) in [5.41, 5.74) is 0.993. The van der Waals surface area contributed by atoms with Crippen LogP contribution in [0.2, 0.25) is 36.3 Å². The summed E-state index contributed by atoms with van der Waals surface area (Å²) in [4.78, 5) is 14.7. The van der Waals surface area contributed by atoms with E-state index in [0.29, 0.717) is 19.7 Å².